The minimum absolute atomic E-state index is 0.0189. The van der Waals surface area contributed by atoms with E-state index in [1.165, 1.54) is 12.1 Å². The van der Waals surface area contributed by atoms with Crippen LogP contribution in [0.2, 0.25) is 0 Å². The second kappa shape index (κ2) is 7.31. The Morgan fingerprint density at radius 3 is 2.30 bits per heavy atom. The van der Waals surface area contributed by atoms with Gasteiger partial charge in [0.1, 0.15) is 11.0 Å². The number of nitrogens with zero attached hydrogens (tertiary/aromatic N) is 2. The molecule has 0 heterocycles. The summed E-state index contributed by atoms with van der Waals surface area (Å²) in [4.78, 5) is -0.0189. The van der Waals surface area contributed by atoms with E-state index < -0.39 is 10.1 Å². The number of aryl methyl sites for hydroxylation is 1. The van der Waals surface area contributed by atoms with Gasteiger partial charge in [0.15, 0.2) is 5.71 Å². The molecule has 0 radical (unpaired) electrons. The first-order valence-electron chi connectivity index (χ1n) is 6.65. The van der Waals surface area contributed by atoms with E-state index in [4.69, 9.17) is 5.26 Å². The molecular formula is C16H14N2O3S2. The van der Waals surface area contributed by atoms with E-state index in [0.717, 1.165) is 11.1 Å². The lowest BCUT2D eigenvalue weighted by Crippen LogP contribution is -2.06. The highest BCUT2D eigenvalue weighted by atomic mass is 32.2. The molecule has 0 aliphatic carbocycles. The van der Waals surface area contributed by atoms with Crippen molar-refractivity contribution in [3.05, 3.63) is 65.2 Å². The minimum Gasteiger partial charge on any atom is -0.263 e. The van der Waals surface area contributed by atoms with E-state index in [9.17, 15) is 8.42 Å². The topological polar surface area (TPSA) is 79.5 Å². The van der Waals surface area contributed by atoms with Gasteiger partial charge < -0.3 is 0 Å². The molecule has 0 fully saturated rings. The van der Waals surface area contributed by atoms with E-state index >= 15 is 0 Å². The summed E-state index contributed by atoms with van der Waals surface area (Å²) in [5.74, 6) is 0.567. The van der Waals surface area contributed by atoms with Gasteiger partial charge >= 0.3 is 10.1 Å². The molecular weight excluding hydrogens is 332 g/mol. The molecule has 23 heavy (non-hydrogen) atoms. The number of rotatable bonds is 5. The summed E-state index contributed by atoms with van der Waals surface area (Å²) in [6, 6.07) is 14.9. The Morgan fingerprint density at radius 1 is 1.17 bits per heavy atom. The molecule has 0 spiro atoms. The molecule has 7 heteroatoms. The second-order valence-corrected chi connectivity index (χ2v) is 6.59. The summed E-state index contributed by atoms with van der Waals surface area (Å²) in [6.07, 6.45) is 0. The quantitative estimate of drug-likeness (QED) is 0.513. The summed E-state index contributed by atoms with van der Waals surface area (Å²) in [5, 5.41) is 12.6. The van der Waals surface area contributed by atoms with Crippen molar-refractivity contribution >= 4 is 28.5 Å². The van der Waals surface area contributed by atoms with Crippen molar-refractivity contribution in [1.82, 2.24) is 0 Å². The fraction of sp³-hybridized carbons (Fsp3) is 0.125. The van der Waals surface area contributed by atoms with Crippen molar-refractivity contribution in [2.45, 2.75) is 17.6 Å². The van der Waals surface area contributed by atoms with Crippen molar-refractivity contribution in [3.8, 4) is 6.07 Å². The molecule has 0 atom stereocenters. The number of oxime groups is 1. The third kappa shape index (κ3) is 4.34. The Bertz CT molecular complexity index is 850. The first kappa shape index (κ1) is 17.1. The van der Waals surface area contributed by atoms with E-state index in [2.05, 4.69) is 22.1 Å². The van der Waals surface area contributed by atoms with Crippen LogP contribution >= 0.6 is 12.6 Å². The molecule has 0 aromatic heterocycles. The Morgan fingerprint density at radius 2 is 1.78 bits per heavy atom. The lowest BCUT2D eigenvalue weighted by molar-refractivity contribution is 0.339. The highest BCUT2D eigenvalue weighted by Gasteiger charge is 2.16. The van der Waals surface area contributed by atoms with Gasteiger partial charge in [0.25, 0.3) is 0 Å². The number of hydrogen-bond donors (Lipinski definition) is 1. The van der Waals surface area contributed by atoms with Gasteiger partial charge in [-0.15, -0.1) is 0 Å². The Labute approximate surface area is 140 Å². The van der Waals surface area contributed by atoms with Gasteiger partial charge in [-0.05, 0) is 24.6 Å². The standard InChI is InChI=1S/C16H14N2O3S2/c1-12-2-8-15(9-3-12)23(19,20)21-18-16(10-17)14-6-4-13(11-22)5-7-14/h2-9,22H,11H2,1H3. The van der Waals surface area contributed by atoms with E-state index in [1.807, 2.05) is 13.0 Å². The molecule has 118 valence electrons. The van der Waals surface area contributed by atoms with E-state index in [0.29, 0.717) is 11.3 Å². The molecule has 2 rings (SSSR count). The van der Waals surface area contributed by atoms with Gasteiger partial charge in [-0.25, -0.2) is 0 Å². The zero-order valence-corrected chi connectivity index (χ0v) is 14.0. The summed E-state index contributed by atoms with van der Waals surface area (Å²) in [5.41, 5.74) is 2.25. The second-order valence-electron chi connectivity index (χ2n) is 4.75. The zero-order chi connectivity index (χ0) is 16.9. The normalized spacial score (nSPS) is 11.8. The predicted molar refractivity (Wildman–Crippen MR) is 90.7 cm³/mol. The average Bonchev–Trinajstić information content (AvgIpc) is 2.56. The SMILES string of the molecule is Cc1ccc(S(=O)(=O)ON=C(C#N)c2ccc(CS)cc2)cc1. The van der Waals surface area contributed by atoms with Crippen molar-refractivity contribution < 1.29 is 12.7 Å². The third-order valence-corrected chi connectivity index (χ3v) is 4.54. The van der Waals surface area contributed by atoms with E-state index in [1.54, 1.807) is 36.4 Å². The Kier molecular flexibility index (Phi) is 5.42. The van der Waals surface area contributed by atoms with Gasteiger partial charge in [0, 0.05) is 11.3 Å². The van der Waals surface area contributed by atoms with Crippen LogP contribution in [0.25, 0.3) is 0 Å². The molecule has 0 bridgehead atoms. The molecule has 0 saturated carbocycles. The van der Waals surface area contributed by atoms with Gasteiger partial charge in [0.2, 0.25) is 0 Å². The fourth-order valence-corrected chi connectivity index (χ4v) is 2.68. The van der Waals surface area contributed by atoms with Crippen molar-refractivity contribution in [1.29, 1.82) is 5.26 Å². The number of thiol groups is 1. The van der Waals surface area contributed by atoms with Crippen LogP contribution in [0.1, 0.15) is 16.7 Å². The zero-order valence-electron chi connectivity index (χ0n) is 12.3. The first-order valence-corrected chi connectivity index (χ1v) is 8.69. The lowest BCUT2D eigenvalue weighted by Gasteiger charge is -2.03. The van der Waals surface area contributed by atoms with Crippen LogP contribution in [0.5, 0.6) is 0 Å². The highest BCUT2D eigenvalue weighted by Crippen LogP contribution is 2.14. The van der Waals surface area contributed by atoms with Gasteiger partial charge in [-0.3, -0.25) is 4.28 Å². The molecule has 0 aliphatic heterocycles. The number of hydrogen-bond acceptors (Lipinski definition) is 6. The van der Waals surface area contributed by atoms with Crippen LogP contribution < -0.4 is 0 Å². The molecule has 0 aliphatic rings. The first-order chi connectivity index (χ1) is 11.0. The van der Waals surface area contributed by atoms with Crippen LogP contribution in [0, 0.1) is 18.3 Å². The van der Waals surface area contributed by atoms with Gasteiger partial charge in [-0.1, -0.05) is 47.1 Å². The van der Waals surface area contributed by atoms with Crippen molar-refractivity contribution in [2.75, 3.05) is 0 Å². The number of nitriles is 1. The summed E-state index contributed by atoms with van der Waals surface area (Å²) in [6.45, 7) is 1.84. The van der Waals surface area contributed by atoms with Crippen molar-refractivity contribution in [2.24, 2.45) is 5.16 Å². The molecule has 5 nitrogen and oxygen atoms in total. The molecule has 2 aromatic carbocycles. The summed E-state index contributed by atoms with van der Waals surface area (Å²) < 4.78 is 28.7. The Hall–Kier alpha value is -2.30. The monoisotopic (exact) mass is 346 g/mol. The maximum absolute atomic E-state index is 12.0. The van der Waals surface area contributed by atoms with Crippen LogP contribution in [-0.2, 0) is 20.2 Å². The third-order valence-electron chi connectivity index (χ3n) is 3.05. The molecule has 0 saturated heterocycles. The minimum atomic E-state index is -4.05. The largest absolute Gasteiger partial charge is 0.358 e. The smallest absolute Gasteiger partial charge is 0.263 e. The fourth-order valence-electron chi connectivity index (χ4n) is 1.74. The van der Waals surface area contributed by atoms with Crippen molar-refractivity contribution in [3.63, 3.8) is 0 Å². The molecule has 0 unspecified atom stereocenters. The molecule has 2 aromatic rings. The van der Waals surface area contributed by atoms with Gasteiger partial charge in [-0.2, -0.15) is 26.3 Å². The van der Waals surface area contributed by atoms with Crippen LogP contribution in [0.3, 0.4) is 0 Å². The van der Waals surface area contributed by atoms with Crippen LogP contribution in [-0.4, -0.2) is 14.1 Å². The van der Waals surface area contributed by atoms with Gasteiger partial charge in [0.05, 0.1) is 0 Å². The van der Waals surface area contributed by atoms with Crippen LogP contribution in [0.15, 0.2) is 58.6 Å². The maximum atomic E-state index is 12.0. The summed E-state index contributed by atoms with van der Waals surface area (Å²) in [7, 11) is -4.05. The summed E-state index contributed by atoms with van der Waals surface area (Å²) >= 11 is 4.15. The maximum Gasteiger partial charge on any atom is 0.358 e. The predicted octanol–water partition coefficient (Wildman–Crippen LogP) is 3.06. The van der Waals surface area contributed by atoms with Crippen LogP contribution in [0.4, 0.5) is 0 Å². The average molecular weight is 346 g/mol. The lowest BCUT2D eigenvalue weighted by atomic mass is 10.1. The van der Waals surface area contributed by atoms with E-state index in [-0.39, 0.29) is 10.6 Å². The highest BCUT2D eigenvalue weighted by molar-refractivity contribution is 7.86. The Balaban J connectivity index is 2.24. The molecule has 0 amide bonds. The number of benzene rings is 2. The molecule has 0 N–H and O–H groups in total.